The van der Waals surface area contributed by atoms with Crippen LogP contribution in [0, 0.1) is 15.5 Å². The van der Waals surface area contributed by atoms with Gasteiger partial charge in [0.25, 0.3) is 5.69 Å². The van der Waals surface area contributed by atoms with Gasteiger partial charge < -0.3 is 19.7 Å². The van der Waals surface area contributed by atoms with Gasteiger partial charge in [0.1, 0.15) is 0 Å². The molecule has 0 saturated carbocycles. The molecule has 9 heteroatoms. The third-order valence-corrected chi connectivity index (χ3v) is 6.86. The number of dihydropyridines is 1. The first-order valence-electron chi connectivity index (χ1n) is 11.9. The highest BCUT2D eigenvalue weighted by molar-refractivity contribution is 5.99. The molecule has 2 aliphatic heterocycles. The Morgan fingerprint density at radius 1 is 1.14 bits per heavy atom. The summed E-state index contributed by atoms with van der Waals surface area (Å²) in [5.41, 5.74) is 2.23. The van der Waals surface area contributed by atoms with Crippen molar-refractivity contribution in [1.82, 2.24) is 10.2 Å². The highest BCUT2D eigenvalue weighted by Gasteiger charge is 2.38. The SMILES string of the molecule is COC(=O)C1=C(C)NC(C)=C(C(=O)OCCCN2CCC(C)(C)CC2)C1c1cccc([N+](=O)[O-])c1. The molecule has 190 valence electrons. The lowest BCUT2D eigenvalue weighted by atomic mass is 9.80. The van der Waals surface area contributed by atoms with Gasteiger partial charge in [-0.25, -0.2) is 9.59 Å². The smallest absolute Gasteiger partial charge is 0.336 e. The number of nitrogens with zero attached hydrogens (tertiary/aromatic N) is 2. The summed E-state index contributed by atoms with van der Waals surface area (Å²) in [6.45, 7) is 11.2. The molecule has 1 fully saturated rings. The van der Waals surface area contributed by atoms with Gasteiger partial charge in [0, 0.05) is 30.1 Å². The number of piperidine rings is 1. The van der Waals surface area contributed by atoms with E-state index in [1.807, 2.05) is 0 Å². The lowest BCUT2D eigenvalue weighted by Crippen LogP contribution is -2.38. The number of nitrogens with one attached hydrogen (secondary N) is 1. The summed E-state index contributed by atoms with van der Waals surface area (Å²) >= 11 is 0. The summed E-state index contributed by atoms with van der Waals surface area (Å²) in [4.78, 5) is 39.2. The monoisotopic (exact) mass is 485 g/mol. The lowest BCUT2D eigenvalue weighted by Gasteiger charge is -2.36. The van der Waals surface area contributed by atoms with E-state index in [1.165, 1.54) is 25.3 Å². The van der Waals surface area contributed by atoms with Gasteiger partial charge in [0.05, 0.1) is 35.7 Å². The number of ether oxygens (including phenoxy) is 2. The number of benzene rings is 1. The Morgan fingerprint density at radius 3 is 2.37 bits per heavy atom. The van der Waals surface area contributed by atoms with Crippen molar-refractivity contribution in [3.05, 3.63) is 62.5 Å². The quantitative estimate of drug-likeness (QED) is 0.254. The molecule has 0 amide bonds. The van der Waals surface area contributed by atoms with Gasteiger partial charge in [-0.15, -0.1) is 0 Å². The minimum absolute atomic E-state index is 0.127. The summed E-state index contributed by atoms with van der Waals surface area (Å²) in [6, 6.07) is 5.95. The number of allylic oxidation sites excluding steroid dienone is 2. The molecule has 1 unspecified atom stereocenters. The largest absolute Gasteiger partial charge is 0.466 e. The molecule has 1 atom stereocenters. The van der Waals surface area contributed by atoms with Crippen molar-refractivity contribution >= 4 is 17.6 Å². The average Bonchev–Trinajstić information content (AvgIpc) is 2.81. The van der Waals surface area contributed by atoms with Crippen molar-refractivity contribution < 1.29 is 24.0 Å². The molecule has 0 radical (unpaired) electrons. The fourth-order valence-electron chi connectivity index (χ4n) is 4.71. The van der Waals surface area contributed by atoms with Gasteiger partial charge in [0.2, 0.25) is 0 Å². The number of non-ortho nitro benzene ring substituents is 1. The summed E-state index contributed by atoms with van der Waals surface area (Å²) in [7, 11) is 1.26. The van der Waals surface area contributed by atoms with Crippen molar-refractivity contribution in [3.8, 4) is 0 Å². The van der Waals surface area contributed by atoms with Gasteiger partial charge >= 0.3 is 11.9 Å². The Morgan fingerprint density at radius 2 is 1.77 bits per heavy atom. The Balaban J connectivity index is 1.78. The zero-order chi connectivity index (χ0) is 25.8. The van der Waals surface area contributed by atoms with E-state index in [2.05, 4.69) is 24.1 Å². The molecule has 1 aromatic carbocycles. The van der Waals surface area contributed by atoms with Crippen LogP contribution in [0.25, 0.3) is 0 Å². The van der Waals surface area contributed by atoms with E-state index >= 15 is 0 Å². The minimum atomic E-state index is -0.847. The standard InChI is InChI=1S/C26H35N3O6/c1-17-21(24(30)34-5)23(19-8-6-9-20(16-19)29(32)33)22(18(2)27-17)25(31)35-15-7-12-28-13-10-26(3,4)11-14-28/h6,8-9,16,23,27H,7,10-15H2,1-5H3. The topological polar surface area (TPSA) is 111 Å². The third-order valence-electron chi connectivity index (χ3n) is 6.86. The third kappa shape index (κ3) is 6.28. The molecule has 0 bridgehead atoms. The first-order valence-corrected chi connectivity index (χ1v) is 11.9. The molecule has 1 saturated heterocycles. The van der Waals surface area contributed by atoms with Crippen LogP contribution in [0.15, 0.2) is 46.8 Å². The first-order chi connectivity index (χ1) is 16.5. The maximum Gasteiger partial charge on any atom is 0.336 e. The van der Waals surface area contributed by atoms with E-state index < -0.39 is 22.8 Å². The molecule has 3 rings (SSSR count). The zero-order valence-corrected chi connectivity index (χ0v) is 21.2. The fourth-order valence-corrected chi connectivity index (χ4v) is 4.71. The van der Waals surface area contributed by atoms with Crippen LogP contribution in [0.4, 0.5) is 5.69 Å². The Bertz CT molecular complexity index is 1050. The van der Waals surface area contributed by atoms with Crippen molar-refractivity contribution in [1.29, 1.82) is 0 Å². The van der Waals surface area contributed by atoms with E-state index in [0.29, 0.717) is 28.8 Å². The molecule has 1 aromatic rings. The van der Waals surface area contributed by atoms with Crippen LogP contribution in [0.2, 0.25) is 0 Å². The van der Waals surface area contributed by atoms with Crippen LogP contribution in [-0.2, 0) is 19.1 Å². The van der Waals surface area contributed by atoms with Crippen LogP contribution >= 0.6 is 0 Å². The number of nitro groups is 1. The number of methoxy groups -OCH3 is 1. The van der Waals surface area contributed by atoms with Gasteiger partial charge in [-0.3, -0.25) is 10.1 Å². The number of carbonyl (C=O) groups excluding carboxylic acids is 2. The Hall–Kier alpha value is -3.20. The lowest BCUT2D eigenvalue weighted by molar-refractivity contribution is -0.384. The summed E-state index contributed by atoms with van der Waals surface area (Å²) in [6.07, 6.45) is 3.00. The van der Waals surface area contributed by atoms with E-state index in [4.69, 9.17) is 9.47 Å². The summed E-state index contributed by atoms with van der Waals surface area (Å²) in [5.74, 6) is -2.02. The number of rotatable bonds is 8. The van der Waals surface area contributed by atoms with Crippen LogP contribution in [0.5, 0.6) is 0 Å². The molecule has 1 N–H and O–H groups in total. The normalized spacial score (nSPS) is 20.3. The Kier molecular flexibility index (Phi) is 8.32. The predicted octanol–water partition coefficient (Wildman–Crippen LogP) is 4.06. The number of likely N-dealkylation sites (tertiary alicyclic amines) is 1. The van der Waals surface area contributed by atoms with E-state index in [0.717, 1.165) is 32.5 Å². The van der Waals surface area contributed by atoms with Gasteiger partial charge in [0.15, 0.2) is 0 Å². The second-order valence-electron chi connectivity index (χ2n) is 9.97. The van der Waals surface area contributed by atoms with E-state index in [1.54, 1.807) is 19.9 Å². The fraction of sp³-hybridized carbons (Fsp3) is 0.538. The molecule has 0 spiro atoms. The molecule has 35 heavy (non-hydrogen) atoms. The van der Waals surface area contributed by atoms with Crippen molar-refractivity contribution in [2.75, 3.05) is 33.4 Å². The number of esters is 2. The van der Waals surface area contributed by atoms with E-state index in [-0.39, 0.29) is 23.4 Å². The maximum absolute atomic E-state index is 13.3. The minimum Gasteiger partial charge on any atom is -0.466 e. The summed E-state index contributed by atoms with van der Waals surface area (Å²) in [5, 5.41) is 14.5. The Labute approximate surface area is 206 Å². The molecule has 0 aliphatic carbocycles. The molecular formula is C26H35N3O6. The number of hydrogen-bond acceptors (Lipinski definition) is 8. The van der Waals surface area contributed by atoms with Crippen LogP contribution in [-0.4, -0.2) is 55.1 Å². The first kappa shape index (κ1) is 26.4. The number of nitro benzene ring substituents is 1. The van der Waals surface area contributed by atoms with Gasteiger partial charge in [-0.05, 0) is 57.2 Å². The number of hydrogen-bond donors (Lipinski definition) is 1. The van der Waals surface area contributed by atoms with Crippen LogP contribution in [0.1, 0.15) is 58.4 Å². The van der Waals surface area contributed by atoms with Crippen molar-refractivity contribution in [3.63, 3.8) is 0 Å². The summed E-state index contributed by atoms with van der Waals surface area (Å²) < 4.78 is 10.6. The molecule has 0 aromatic heterocycles. The number of carbonyl (C=O) groups is 2. The van der Waals surface area contributed by atoms with Crippen molar-refractivity contribution in [2.45, 2.75) is 52.9 Å². The highest BCUT2D eigenvalue weighted by atomic mass is 16.6. The maximum atomic E-state index is 13.3. The second kappa shape index (κ2) is 11.0. The molecule has 2 aliphatic rings. The average molecular weight is 486 g/mol. The predicted molar refractivity (Wildman–Crippen MR) is 131 cm³/mol. The van der Waals surface area contributed by atoms with Crippen LogP contribution in [0.3, 0.4) is 0 Å². The molecule has 9 nitrogen and oxygen atoms in total. The molecule has 2 heterocycles. The highest BCUT2D eigenvalue weighted by Crippen LogP contribution is 2.40. The van der Waals surface area contributed by atoms with E-state index in [9.17, 15) is 19.7 Å². The molecular weight excluding hydrogens is 450 g/mol. The van der Waals surface area contributed by atoms with Crippen LogP contribution < -0.4 is 5.32 Å². The zero-order valence-electron chi connectivity index (χ0n) is 21.2. The van der Waals surface area contributed by atoms with Crippen molar-refractivity contribution in [2.24, 2.45) is 5.41 Å². The van der Waals surface area contributed by atoms with Gasteiger partial charge in [-0.2, -0.15) is 0 Å². The van der Waals surface area contributed by atoms with Gasteiger partial charge in [-0.1, -0.05) is 26.0 Å². The second-order valence-corrected chi connectivity index (χ2v) is 9.97.